The van der Waals surface area contributed by atoms with E-state index in [0.717, 1.165) is 12.2 Å². The van der Waals surface area contributed by atoms with Crippen LogP contribution in [0.25, 0.3) is 0 Å². The zero-order valence-corrected chi connectivity index (χ0v) is 23.3. The second-order valence-corrected chi connectivity index (χ2v) is 14.3. The lowest BCUT2D eigenvalue weighted by molar-refractivity contribution is -0.867. The monoisotopic (exact) mass is 526 g/mol. The van der Waals surface area contributed by atoms with Gasteiger partial charge in [0.05, 0.1) is 42.3 Å². The van der Waals surface area contributed by atoms with Gasteiger partial charge in [-0.3, -0.25) is 0 Å². The standard InChI is InChI=1S/C22H44N2O8P2/c1-23(2,3)11-15-33(29)19(9-13-25)17-31-21(27)7-8-22(28)32-18-20(10-14-26)34(30)16-12-24(4,5)6/h7-8,19-20,25-26H,9-18H2,1-6H3/q+4/b8-7+. The van der Waals surface area contributed by atoms with Gasteiger partial charge in [0.15, 0.2) is 23.6 Å². The van der Waals surface area contributed by atoms with Gasteiger partial charge in [0.1, 0.15) is 26.3 Å². The zero-order chi connectivity index (χ0) is 26.4. The predicted molar refractivity (Wildman–Crippen MR) is 133 cm³/mol. The minimum Gasteiger partial charge on any atom is -0.458 e. The Kier molecular flexibility index (Phi) is 15.8. The molecule has 10 nitrogen and oxygen atoms in total. The van der Waals surface area contributed by atoms with Gasteiger partial charge >= 0.3 is 27.5 Å². The second-order valence-electron chi connectivity index (χ2n) is 10.2. The number of rotatable bonds is 18. The highest BCUT2D eigenvalue weighted by Crippen LogP contribution is 2.31. The molecule has 2 N–H and O–H groups in total. The Bertz CT molecular complexity index is 644. The topological polar surface area (TPSA) is 127 Å². The van der Waals surface area contributed by atoms with Gasteiger partial charge in [-0.2, -0.15) is 0 Å². The fourth-order valence-corrected chi connectivity index (χ4v) is 6.28. The number of carbonyl (C=O) groups is 2. The summed E-state index contributed by atoms with van der Waals surface area (Å²) in [6.07, 6.45) is 3.27. The highest BCUT2D eigenvalue weighted by atomic mass is 31.1. The maximum absolute atomic E-state index is 12.5. The number of quaternary nitrogens is 2. The summed E-state index contributed by atoms with van der Waals surface area (Å²) in [6.45, 7) is 0.820. The molecule has 0 heterocycles. The minimum absolute atomic E-state index is 0.115. The zero-order valence-electron chi connectivity index (χ0n) is 21.5. The molecular formula is C22H44N2O8P2+4. The summed E-state index contributed by atoms with van der Waals surface area (Å²) in [6, 6.07) is 0. The molecule has 0 radical (unpaired) electrons. The Balaban J connectivity index is 4.63. The van der Waals surface area contributed by atoms with E-state index in [-0.39, 0.29) is 39.3 Å². The molecule has 0 rings (SSSR count). The van der Waals surface area contributed by atoms with Crippen molar-refractivity contribution in [2.75, 3.05) is 94.1 Å². The molecule has 0 aromatic heterocycles. The fourth-order valence-electron chi connectivity index (χ4n) is 2.67. The van der Waals surface area contributed by atoms with Crippen LogP contribution in [0.3, 0.4) is 0 Å². The predicted octanol–water partition coefficient (Wildman–Crippen LogP) is 1.20. The molecule has 0 bridgehead atoms. The molecule has 0 saturated carbocycles. The molecule has 0 amide bonds. The van der Waals surface area contributed by atoms with Crippen LogP contribution in [-0.2, 0) is 28.2 Å². The first kappa shape index (κ1) is 32.7. The number of aliphatic hydroxyl groups is 2. The van der Waals surface area contributed by atoms with E-state index < -0.39 is 38.9 Å². The van der Waals surface area contributed by atoms with Gasteiger partial charge < -0.3 is 28.7 Å². The molecule has 0 aromatic rings. The van der Waals surface area contributed by atoms with Crippen LogP contribution in [0.4, 0.5) is 0 Å². The summed E-state index contributed by atoms with van der Waals surface area (Å²) in [7, 11) is 8.60. The van der Waals surface area contributed by atoms with Crippen molar-refractivity contribution < 1.29 is 47.4 Å². The van der Waals surface area contributed by atoms with Crippen LogP contribution in [0.5, 0.6) is 0 Å². The normalized spacial score (nSPS) is 15.1. The average molecular weight is 527 g/mol. The van der Waals surface area contributed by atoms with Crippen LogP contribution in [0.2, 0.25) is 0 Å². The molecule has 4 unspecified atom stereocenters. The van der Waals surface area contributed by atoms with Gasteiger partial charge in [0.25, 0.3) is 0 Å². The van der Waals surface area contributed by atoms with E-state index in [2.05, 4.69) is 0 Å². The first-order chi connectivity index (χ1) is 15.7. The van der Waals surface area contributed by atoms with E-state index in [1.807, 2.05) is 42.3 Å². The van der Waals surface area contributed by atoms with Gasteiger partial charge in [-0.25, -0.2) is 9.59 Å². The van der Waals surface area contributed by atoms with Gasteiger partial charge in [0.2, 0.25) is 0 Å². The third-order valence-electron chi connectivity index (χ3n) is 4.91. The van der Waals surface area contributed by atoms with Crippen molar-refractivity contribution in [3.05, 3.63) is 12.2 Å². The molecule has 0 aliphatic carbocycles. The van der Waals surface area contributed by atoms with Crippen LogP contribution >= 0.6 is 15.6 Å². The Hall–Kier alpha value is -1.28. The Morgan fingerprint density at radius 1 is 0.735 bits per heavy atom. The third kappa shape index (κ3) is 17.2. The van der Waals surface area contributed by atoms with Crippen LogP contribution in [0, 0.1) is 0 Å². The van der Waals surface area contributed by atoms with E-state index in [1.54, 1.807) is 0 Å². The molecule has 4 atom stereocenters. The summed E-state index contributed by atoms with van der Waals surface area (Å²) >= 11 is 0. The smallest absolute Gasteiger partial charge is 0.351 e. The molecule has 196 valence electrons. The first-order valence-electron chi connectivity index (χ1n) is 11.4. The van der Waals surface area contributed by atoms with Crippen molar-refractivity contribution in [1.29, 1.82) is 0 Å². The molecule has 0 spiro atoms. The van der Waals surface area contributed by atoms with Crippen LogP contribution in [-0.4, -0.2) is 137 Å². The van der Waals surface area contributed by atoms with Crippen molar-refractivity contribution in [1.82, 2.24) is 0 Å². The Morgan fingerprint density at radius 3 is 1.32 bits per heavy atom. The summed E-state index contributed by atoms with van der Waals surface area (Å²) in [5, 5.41) is 18.4. The number of ether oxygens (including phenoxy) is 2. The summed E-state index contributed by atoms with van der Waals surface area (Å²) in [5.74, 6) is -1.56. The SMILES string of the molecule is C[N+](C)(C)CC[P+](=O)C(CCO)COC(=O)/C=C/C(=O)OCC(CCO)[P+](=O)CC[N+](C)(C)C. The second kappa shape index (κ2) is 16.4. The van der Waals surface area contributed by atoms with Crippen molar-refractivity contribution in [3.8, 4) is 0 Å². The largest absolute Gasteiger partial charge is 0.458 e. The van der Waals surface area contributed by atoms with Crippen molar-refractivity contribution in [3.63, 3.8) is 0 Å². The lowest BCUT2D eigenvalue weighted by Gasteiger charge is -2.21. The quantitative estimate of drug-likeness (QED) is 0.118. The Morgan fingerprint density at radius 2 is 1.06 bits per heavy atom. The van der Waals surface area contributed by atoms with E-state index in [1.165, 1.54) is 0 Å². The molecule has 34 heavy (non-hydrogen) atoms. The highest BCUT2D eigenvalue weighted by Gasteiger charge is 2.33. The number of aliphatic hydroxyl groups excluding tert-OH is 2. The van der Waals surface area contributed by atoms with E-state index >= 15 is 0 Å². The highest BCUT2D eigenvalue weighted by molar-refractivity contribution is 7.45. The van der Waals surface area contributed by atoms with Crippen molar-refractivity contribution >= 4 is 27.5 Å². The molecular weight excluding hydrogens is 482 g/mol. The minimum atomic E-state index is -1.67. The van der Waals surface area contributed by atoms with Gasteiger partial charge in [-0.05, 0) is 0 Å². The number of hydrogen-bond acceptors (Lipinski definition) is 8. The maximum atomic E-state index is 12.5. The van der Waals surface area contributed by atoms with Gasteiger partial charge in [0, 0.05) is 38.2 Å². The molecule has 0 saturated heterocycles. The molecule has 0 aromatic carbocycles. The van der Waals surface area contributed by atoms with E-state index in [4.69, 9.17) is 9.47 Å². The van der Waals surface area contributed by atoms with Gasteiger partial charge in [-0.15, -0.1) is 0 Å². The van der Waals surface area contributed by atoms with Gasteiger partial charge in [-0.1, -0.05) is 9.13 Å². The average Bonchev–Trinajstić information content (AvgIpc) is 2.73. The lowest BCUT2D eigenvalue weighted by Crippen LogP contribution is -2.37. The maximum Gasteiger partial charge on any atom is 0.351 e. The first-order valence-corrected chi connectivity index (χ1v) is 14.4. The molecule has 0 fully saturated rings. The van der Waals surface area contributed by atoms with Crippen molar-refractivity contribution in [2.45, 2.75) is 24.2 Å². The molecule has 0 aliphatic heterocycles. The lowest BCUT2D eigenvalue weighted by atomic mass is 10.3. The number of esters is 2. The Labute approximate surface area is 205 Å². The van der Waals surface area contributed by atoms with Crippen LogP contribution in [0.1, 0.15) is 12.8 Å². The number of hydrogen-bond donors (Lipinski definition) is 2. The summed E-state index contributed by atoms with van der Waals surface area (Å²) in [4.78, 5) is 23.9. The molecule has 12 heteroatoms. The number of nitrogens with zero attached hydrogens (tertiary/aromatic N) is 2. The van der Waals surface area contributed by atoms with Crippen LogP contribution in [0.15, 0.2) is 12.2 Å². The van der Waals surface area contributed by atoms with E-state index in [9.17, 15) is 28.9 Å². The summed E-state index contributed by atoms with van der Waals surface area (Å²) < 4.78 is 36.6. The molecule has 0 aliphatic rings. The van der Waals surface area contributed by atoms with Crippen LogP contribution < -0.4 is 0 Å². The third-order valence-corrected chi connectivity index (χ3v) is 8.64. The van der Waals surface area contributed by atoms with Crippen molar-refractivity contribution in [2.24, 2.45) is 0 Å². The van der Waals surface area contributed by atoms with E-state index in [0.29, 0.717) is 34.4 Å². The fraction of sp³-hybridized carbons (Fsp3) is 0.818. The summed E-state index contributed by atoms with van der Waals surface area (Å²) in [5.41, 5.74) is -0.920. The number of carbonyl (C=O) groups excluding carboxylic acids is 2.